The van der Waals surface area contributed by atoms with Gasteiger partial charge in [0, 0.05) is 24.8 Å². The molecule has 0 unspecified atom stereocenters. The number of nitrogens with one attached hydrogen (secondary N) is 1. The Morgan fingerprint density at radius 3 is 2.88 bits per heavy atom. The van der Waals surface area contributed by atoms with Gasteiger partial charge in [-0.1, -0.05) is 12.1 Å². The van der Waals surface area contributed by atoms with Gasteiger partial charge in [0.1, 0.15) is 0 Å². The molecule has 0 fully saturated rings. The summed E-state index contributed by atoms with van der Waals surface area (Å²) >= 11 is 0. The van der Waals surface area contributed by atoms with Crippen LogP contribution in [0.15, 0.2) is 18.2 Å². The van der Waals surface area contributed by atoms with Crippen LogP contribution < -0.4 is 10.2 Å². The van der Waals surface area contributed by atoms with Gasteiger partial charge in [-0.15, -0.1) is 0 Å². The van der Waals surface area contributed by atoms with E-state index >= 15 is 0 Å². The van der Waals surface area contributed by atoms with Crippen LogP contribution in [0.3, 0.4) is 0 Å². The van der Waals surface area contributed by atoms with Crippen molar-refractivity contribution in [3.63, 3.8) is 0 Å². The molecule has 0 radical (unpaired) electrons. The van der Waals surface area contributed by atoms with Gasteiger partial charge in [0.05, 0.1) is 0 Å². The van der Waals surface area contributed by atoms with Gasteiger partial charge in [0.25, 0.3) is 0 Å². The average Bonchev–Trinajstić information content (AvgIpc) is 2.30. The van der Waals surface area contributed by atoms with Crippen LogP contribution >= 0.6 is 0 Å². The fourth-order valence-electron chi connectivity index (χ4n) is 2.58. The van der Waals surface area contributed by atoms with Gasteiger partial charge in [0.2, 0.25) is 0 Å². The largest absolute Gasteiger partial charge is 0.369 e. The monoisotopic (exact) mass is 218 g/mol. The summed E-state index contributed by atoms with van der Waals surface area (Å²) in [5.41, 5.74) is 4.45. The van der Waals surface area contributed by atoms with Crippen molar-refractivity contribution in [2.24, 2.45) is 0 Å². The molecule has 0 aliphatic carbocycles. The Morgan fingerprint density at radius 2 is 2.19 bits per heavy atom. The van der Waals surface area contributed by atoms with Crippen LogP contribution in [0.5, 0.6) is 0 Å². The third-order valence-corrected chi connectivity index (χ3v) is 3.39. The van der Waals surface area contributed by atoms with Gasteiger partial charge in [-0.25, -0.2) is 0 Å². The van der Waals surface area contributed by atoms with Crippen LogP contribution in [-0.2, 0) is 13.0 Å². The molecule has 1 aliphatic rings. The molecule has 0 aromatic heterocycles. The summed E-state index contributed by atoms with van der Waals surface area (Å²) in [6, 6.07) is 7.30. The van der Waals surface area contributed by atoms with E-state index < -0.39 is 0 Å². The Kier molecular flexibility index (Phi) is 3.49. The van der Waals surface area contributed by atoms with Crippen molar-refractivity contribution >= 4 is 5.69 Å². The molecule has 0 atom stereocenters. The first-order chi connectivity index (χ1) is 7.74. The van der Waals surface area contributed by atoms with Crippen molar-refractivity contribution in [3.8, 4) is 0 Å². The number of hydrogen-bond acceptors (Lipinski definition) is 2. The van der Waals surface area contributed by atoms with Crippen LogP contribution in [0, 0.1) is 0 Å². The molecule has 1 heterocycles. The number of anilines is 1. The lowest BCUT2D eigenvalue weighted by atomic mass is 9.98. The highest BCUT2D eigenvalue weighted by Gasteiger charge is 2.17. The van der Waals surface area contributed by atoms with Gasteiger partial charge in [0.15, 0.2) is 0 Å². The zero-order valence-corrected chi connectivity index (χ0v) is 10.6. The fourth-order valence-corrected chi connectivity index (χ4v) is 2.58. The van der Waals surface area contributed by atoms with E-state index in [-0.39, 0.29) is 0 Å². The van der Waals surface area contributed by atoms with E-state index in [2.05, 4.69) is 49.2 Å². The van der Waals surface area contributed by atoms with Crippen molar-refractivity contribution in [2.45, 2.75) is 39.8 Å². The third kappa shape index (κ3) is 2.07. The normalized spacial score (nSPS) is 15.0. The van der Waals surface area contributed by atoms with Crippen molar-refractivity contribution in [1.29, 1.82) is 0 Å². The second kappa shape index (κ2) is 4.88. The Bertz CT molecular complexity index is 358. The minimum atomic E-state index is 0.568. The SMILES string of the molecule is CCN(c1cccc2c1CNCC2)C(C)C. The first-order valence-electron chi connectivity index (χ1n) is 6.32. The molecule has 2 nitrogen and oxygen atoms in total. The molecule has 2 rings (SSSR count). The lowest BCUT2D eigenvalue weighted by Crippen LogP contribution is -2.33. The molecule has 0 amide bonds. The lowest BCUT2D eigenvalue weighted by Gasteiger charge is -2.32. The van der Waals surface area contributed by atoms with Gasteiger partial charge in [-0.3, -0.25) is 0 Å². The number of rotatable bonds is 3. The van der Waals surface area contributed by atoms with Crippen molar-refractivity contribution in [3.05, 3.63) is 29.3 Å². The van der Waals surface area contributed by atoms with Crippen LogP contribution in [0.4, 0.5) is 5.69 Å². The predicted molar refractivity (Wildman–Crippen MR) is 70.0 cm³/mol. The molecule has 0 saturated carbocycles. The second-order valence-electron chi connectivity index (χ2n) is 4.72. The summed E-state index contributed by atoms with van der Waals surface area (Å²) in [7, 11) is 0. The fraction of sp³-hybridized carbons (Fsp3) is 0.571. The zero-order chi connectivity index (χ0) is 11.5. The van der Waals surface area contributed by atoms with E-state index in [0.29, 0.717) is 6.04 Å². The summed E-state index contributed by atoms with van der Waals surface area (Å²) in [5, 5.41) is 3.47. The maximum absolute atomic E-state index is 3.47. The molecular formula is C14H22N2. The van der Waals surface area contributed by atoms with Gasteiger partial charge >= 0.3 is 0 Å². The van der Waals surface area contributed by atoms with E-state index in [0.717, 1.165) is 19.6 Å². The molecule has 1 aromatic carbocycles. The van der Waals surface area contributed by atoms with Crippen LogP contribution in [0.25, 0.3) is 0 Å². The number of nitrogens with zero attached hydrogens (tertiary/aromatic N) is 1. The van der Waals surface area contributed by atoms with Crippen LogP contribution in [-0.4, -0.2) is 19.1 Å². The molecule has 1 aromatic rings. The first-order valence-corrected chi connectivity index (χ1v) is 6.32. The highest BCUT2D eigenvalue weighted by molar-refractivity contribution is 5.58. The highest BCUT2D eigenvalue weighted by Crippen LogP contribution is 2.27. The summed E-state index contributed by atoms with van der Waals surface area (Å²) in [4.78, 5) is 2.48. The Balaban J connectivity index is 2.39. The minimum Gasteiger partial charge on any atom is -0.369 e. The van der Waals surface area contributed by atoms with E-state index in [1.807, 2.05) is 0 Å². The van der Waals surface area contributed by atoms with E-state index in [1.165, 1.54) is 23.2 Å². The maximum atomic E-state index is 3.47. The molecular weight excluding hydrogens is 196 g/mol. The summed E-state index contributed by atoms with van der Waals surface area (Å²) < 4.78 is 0. The van der Waals surface area contributed by atoms with E-state index in [4.69, 9.17) is 0 Å². The van der Waals surface area contributed by atoms with Crippen molar-refractivity contribution < 1.29 is 0 Å². The van der Waals surface area contributed by atoms with E-state index in [1.54, 1.807) is 0 Å². The smallest absolute Gasteiger partial charge is 0.0416 e. The molecule has 1 N–H and O–H groups in total. The average molecular weight is 218 g/mol. The minimum absolute atomic E-state index is 0.568. The summed E-state index contributed by atoms with van der Waals surface area (Å²) in [5.74, 6) is 0. The zero-order valence-electron chi connectivity index (χ0n) is 10.6. The summed E-state index contributed by atoms with van der Waals surface area (Å²) in [6.45, 7) is 9.97. The van der Waals surface area contributed by atoms with Crippen molar-refractivity contribution in [1.82, 2.24) is 5.32 Å². The van der Waals surface area contributed by atoms with Crippen LogP contribution in [0.1, 0.15) is 31.9 Å². The van der Waals surface area contributed by atoms with Gasteiger partial charge in [-0.2, -0.15) is 0 Å². The third-order valence-electron chi connectivity index (χ3n) is 3.39. The Morgan fingerprint density at radius 1 is 1.38 bits per heavy atom. The summed E-state index contributed by atoms with van der Waals surface area (Å²) in [6.07, 6.45) is 1.17. The second-order valence-corrected chi connectivity index (χ2v) is 4.72. The van der Waals surface area contributed by atoms with Gasteiger partial charge < -0.3 is 10.2 Å². The standard InChI is InChI=1S/C14H22N2/c1-4-16(11(2)3)14-7-5-6-12-8-9-15-10-13(12)14/h5-7,11,15H,4,8-10H2,1-3H3. The maximum Gasteiger partial charge on any atom is 0.0416 e. The number of benzene rings is 1. The Labute approximate surface area is 98.7 Å². The molecule has 88 valence electrons. The number of hydrogen-bond donors (Lipinski definition) is 1. The predicted octanol–water partition coefficient (Wildman–Crippen LogP) is 2.57. The molecule has 0 bridgehead atoms. The molecule has 1 aliphatic heterocycles. The van der Waals surface area contributed by atoms with Gasteiger partial charge in [-0.05, 0) is 50.9 Å². The molecule has 16 heavy (non-hydrogen) atoms. The number of fused-ring (bicyclic) bond motifs is 1. The highest BCUT2D eigenvalue weighted by atomic mass is 15.1. The quantitative estimate of drug-likeness (QED) is 0.839. The molecule has 2 heteroatoms. The molecule has 0 spiro atoms. The Hall–Kier alpha value is -1.02. The lowest BCUT2D eigenvalue weighted by molar-refractivity contribution is 0.632. The first kappa shape index (κ1) is 11.5. The van der Waals surface area contributed by atoms with Crippen molar-refractivity contribution in [2.75, 3.05) is 18.0 Å². The molecule has 0 saturated heterocycles. The topological polar surface area (TPSA) is 15.3 Å². The van der Waals surface area contributed by atoms with E-state index in [9.17, 15) is 0 Å². The van der Waals surface area contributed by atoms with Crippen LogP contribution in [0.2, 0.25) is 0 Å².